The summed E-state index contributed by atoms with van der Waals surface area (Å²) < 4.78 is 0. The maximum absolute atomic E-state index is 9.89. The first-order valence-electron chi connectivity index (χ1n) is 6.67. The average Bonchev–Trinajstić information content (AvgIpc) is 2.59. The molecule has 2 aliphatic rings. The van der Waals surface area contributed by atoms with Gasteiger partial charge < -0.3 is 20.6 Å². The molecule has 0 unspecified atom stereocenters. The van der Waals surface area contributed by atoms with Crippen molar-refractivity contribution < 1.29 is 15.3 Å². The van der Waals surface area contributed by atoms with Gasteiger partial charge in [-0.2, -0.15) is 0 Å². The quantitative estimate of drug-likeness (QED) is 0.415. The predicted molar refractivity (Wildman–Crippen MR) is 65.6 cm³/mol. The Labute approximate surface area is 102 Å². The summed E-state index contributed by atoms with van der Waals surface area (Å²) in [6.45, 7) is 0. The molecule has 0 aromatic rings. The Hall–Kier alpha value is -0.420. The van der Waals surface area contributed by atoms with Gasteiger partial charge in [0.1, 0.15) is 18.3 Å². The summed E-state index contributed by atoms with van der Waals surface area (Å²) in [5, 5.41) is 32.3. The van der Waals surface area contributed by atoms with Gasteiger partial charge in [0.05, 0.1) is 6.04 Å². The van der Waals surface area contributed by atoms with E-state index < -0.39 is 18.3 Å². The second-order valence-electron chi connectivity index (χ2n) is 5.24. The zero-order valence-electron chi connectivity index (χ0n) is 10.1. The van der Waals surface area contributed by atoms with E-state index in [-0.39, 0.29) is 6.04 Å². The summed E-state index contributed by atoms with van der Waals surface area (Å²) in [7, 11) is 0. The van der Waals surface area contributed by atoms with Crippen molar-refractivity contribution in [3.8, 4) is 0 Å². The molecule has 0 aromatic heterocycles. The molecular weight excluding hydrogens is 218 g/mol. The number of rotatable bonds is 2. The van der Waals surface area contributed by atoms with Crippen molar-refractivity contribution in [2.75, 3.05) is 0 Å². The van der Waals surface area contributed by atoms with Gasteiger partial charge in [-0.15, -0.1) is 0 Å². The highest BCUT2D eigenvalue weighted by atomic mass is 16.4. The zero-order valence-corrected chi connectivity index (χ0v) is 10.1. The van der Waals surface area contributed by atoms with E-state index in [9.17, 15) is 15.3 Å². The van der Waals surface area contributed by atoms with Gasteiger partial charge in [-0.05, 0) is 12.8 Å². The van der Waals surface area contributed by atoms with Crippen molar-refractivity contribution in [1.29, 1.82) is 0 Å². The first-order chi connectivity index (χ1) is 8.18. The molecule has 4 heteroatoms. The molecule has 0 amide bonds. The Morgan fingerprint density at radius 1 is 0.824 bits per heavy atom. The molecule has 4 nitrogen and oxygen atoms in total. The normalized spacial score (nSPS) is 40.2. The van der Waals surface area contributed by atoms with Crippen LogP contribution in [0.3, 0.4) is 0 Å². The van der Waals surface area contributed by atoms with Gasteiger partial charge >= 0.3 is 0 Å². The van der Waals surface area contributed by atoms with E-state index in [2.05, 4.69) is 5.32 Å². The maximum atomic E-state index is 9.89. The maximum Gasteiger partial charge on any atom is 0.111 e. The summed E-state index contributed by atoms with van der Waals surface area (Å²) in [6.07, 6.45) is 7.71. The van der Waals surface area contributed by atoms with Gasteiger partial charge in [0, 0.05) is 6.04 Å². The van der Waals surface area contributed by atoms with Crippen LogP contribution in [-0.2, 0) is 0 Å². The largest absolute Gasteiger partial charge is 0.388 e. The van der Waals surface area contributed by atoms with Gasteiger partial charge in [-0.1, -0.05) is 37.8 Å². The van der Waals surface area contributed by atoms with Gasteiger partial charge in [0.15, 0.2) is 0 Å². The Morgan fingerprint density at radius 2 is 1.47 bits per heavy atom. The summed E-state index contributed by atoms with van der Waals surface area (Å²) in [5.74, 6) is 0. The van der Waals surface area contributed by atoms with Crippen LogP contribution in [0.25, 0.3) is 0 Å². The first kappa shape index (κ1) is 13.0. The number of aliphatic hydroxyl groups excluding tert-OH is 3. The molecule has 98 valence electrons. The monoisotopic (exact) mass is 241 g/mol. The van der Waals surface area contributed by atoms with Crippen LogP contribution >= 0.6 is 0 Å². The highest BCUT2D eigenvalue weighted by Gasteiger charge is 2.33. The van der Waals surface area contributed by atoms with Crippen molar-refractivity contribution in [2.24, 2.45) is 0 Å². The van der Waals surface area contributed by atoms with Gasteiger partial charge in [0.25, 0.3) is 0 Å². The molecule has 0 heterocycles. The Morgan fingerprint density at radius 3 is 2.12 bits per heavy atom. The molecule has 17 heavy (non-hydrogen) atoms. The molecule has 0 radical (unpaired) electrons. The molecule has 0 aromatic carbocycles. The van der Waals surface area contributed by atoms with Crippen molar-refractivity contribution in [3.05, 3.63) is 12.2 Å². The molecule has 0 spiro atoms. The minimum atomic E-state index is -1.08. The third kappa shape index (κ3) is 3.28. The van der Waals surface area contributed by atoms with E-state index in [1.807, 2.05) is 0 Å². The average molecular weight is 241 g/mol. The zero-order chi connectivity index (χ0) is 12.3. The minimum absolute atomic E-state index is 0.239. The van der Waals surface area contributed by atoms with Crippen LogP contribution in [0.4, 0.5) is 0 Å². The lowest BCUT2D eigenvalue weighted by Gasteiger charge is -2.33. The van der Waals surface area contributed by atoms with Crippen molar-refractivity contribution in [3.63, 3.8) is 0 Å². The Bertz CT molecular complexity index is 261. The molecule has 1 saturated carbocycles. The van der Waals surface area contributed by atoms with E-state index in [1.165, 1.54) is 25.7 Å². The van der Waals surface area contributed by atoms with Gasteiger partial charge in [0.2, 0.25) is 0 Å². The number of aliphatic hydroxyl groups is 3. The van der Waals surface area contributed by atoms with E-state index in [1.54, 1.807) is 12.2 Å². The van der Waals surface area contributed by atoms with E-state index >= 15 is 0 Å². The van der Waals surface area contributed by atoms with Gasteiger partial charge in [-0.25, -0.2) is 0 Å². The molecule has 0 bridgehead atoms. The number of hydrogen-bond acceptors (Lipinski definition) is 4. The molecule has 4 atom stereocenters. The number of hydrogen-bond donors (Lipinski definition) is 4. The molecule has 0 saturated heterocycles. The lowest BCUT2D eigenvalue weighted by Crippen LogP contribution is -2.54. The fourth-order valence-electron chi connectivity index (χ4n) is 2.75. The fourth-order valence-corrected chi connectivity index (χ4v) is 2.75. The standard InChI is InChI=1S/C13H23NO3/c15-11-8-7-10(12(16)13(11)17)14-9-5-3-1-2-4-6-9/h7-17H,1-6H2/t10-,11+,12+,13+/m0/s1. The van der Waals surface area contributed by atoms with Crippen LogP contribution in [0.15, 0.2) is 12.2 Å². The van der Waals surface area contributed by atoms with E-state index in [0.717, 1.165) is 12.8 Å². The summed E-state index contributed by atoms with van der Waals surface area (Å²) in [4.78, 5) is 0. The van der Waals surface area contributed by atoms with Gasteiger partial charge in [-0.3, -0.25) is 0 Å². The van der Waals surface area contributed by atoms with Crippen LogP contribution in [-0.4, -0.2) is 45.7 Å². The van der Waals surface area contributed by atoms with Crippen LogP contribution in [0, 0.1) is 0 Å². The highest BCUT2D eigenvalue weighted by molar-refractivity contribution is 5.11. The Kier molecular flexibility index (Phi) is 4.56. The molecule has 0 aliphatic heterocycles. The lowest BCUT2D eigenvalue weighted by molar-refractivity contribution is -0.0579. The molecule has 1 fully saturated rings. The smallest absolute Gasteiger partial charge is 0.111 e. The van der Waals surface area contributed by atoms with Crippen molar-refractivity contribution in [2.45, 2.75) is 68.9 Å². The third-order valence-electron chi connectivity index (χ3n) is 3.87. The first-order valence-corrected chi connectivity index (χ1v) is 6.67. The molecule has 4 N–H and O–H groups in total. The van der Waals surface area contributed by atoms with Crippen LogP contribution < -0.4 is 5.32 Å². The lowest BCUT2D eigenvalue weighted by atomic mass is 9.93. The Balaban J connectivity index is 1.91. The van der Waals surface area contributed by atoms with Crippen LogP contribution in [0.2, 0.25) is 0 Å². The fraction of sp³-hybridized carbons (Fsp3) is 0.846. The second-order valence-corrected chi connectivity index (χ2v) is 5.24. The topological polar surface area (TPSA) is 72.7 Å². The molecule has 2 aliphatic carbocycles. The van der Waals surface area contributed by atoms with Crippen LogP contribution in [0.5, 0.6) is 0 Å². The summed E-state index contributed by atoms with van der Waals surface area (Å²) in [6, 6.07) is 0.181. The van der Waals surface area contributed by atoms with E-state index in [4.69, 9.17) is 0 Å². The van der Waals surface area contributed by atoms with Crippen molar-refractivity contribution in [1.82, 2.24) is 5.32 Å². The third-order valence-corrected chi connectivity index (χ3v) is 3.87. The summed E-state index contributed by atoms with van der Waals surface area (Å²) >= 11 is 0. The number of nitrogens with one attached hydrogen (secondary N) is 1. The molecule has 2 rings (SSSR count). The van der Waals surface area contributed by atoms with Crippen molar-refractivity contribution >= 4 is 0 Å². The SMILES string of the molecule is O[C@H]1[C@H](O)[C@@H](NC2CCCCCC2)C=C[C@H]1O. The van der Waals surface area contributed by atoms with Crippen LogP contribution in [0.1, 0.15) is 38.5 Å². The second kappa shape index (κ2) is 5.96. The van der Waals surface area contributed by atoms with E-state index in [0.29, 0.717) is 6.04 Å². The minimum Gasteiger partial charge on any atom is -0.388 e. The predicted octanol–water partition coefficient (Wildman–Crippen LogP) is 0.320. The summed E-state index contributed by atoms with van der Waals surface area (Å²) in [5.41, 5.74) is 0. The molecular formula is C13H23NO3. The highest BCUT2D eigenvalue weighted by Crippen LogP contribution is 2.20.